The first-order valence-corrected chi connectivity index (χ1v) is 10.7. The molecule has 1 unspecified atom stereocenters. The second-order valence-electron chi connectivity index (χ2n) is 8.56. The van der Waals surface area contributed by atoms with Crippen molar-refractivity contribution in [2.45, 2.75) is 53.4 Å². The number of carbonyl (C=O) groups excluding carboxylic acids is 2. The zero-order chi connectivity index (χ0) is 22.1. The first kappa shape index (κ1) is 23.5. The van der Waals surface area contributed by atoms with Crippen LogP contribution in [0.4, 0.5) is 0 Å². The molecule has 0 radical (unpaired) electrons. The van der Waals surface area contributed by atoms with E-state index in [1.165, 1.54) is 5.56 Å². The maximum Gasteiger partial charge on any atom is 0.269 e. The molecule has 0 aliphatic heterocycles. The molecule has 162 valence electrons. The van der Waals surface area contributed by atoms with Gasteiger partial charge in [0.1, 0.15) is 5.75 Å². The van der Waals surface area contributed by atoms with Crippen LogP contribution in [0.25, 0.3) is 0 Å². The molecule has 30 heavy (non-hydrogen) atoms. The lowest BCUT2D eigenvalue weighted by atomic mass is 9.96. The first-order chi connectivity index (χ1) is 14.3. The molecular formula is C25H34N2O3. The molecule has 2 N–H and O–H groups in total. The number of rotatable bonds is 9. The summed E-state index contributed by atoms with van der Waals surface area (Å²) >= 11 is 0. The summed E-state index contributed by atoms with van der Waals surface area (Å²) in [5.74, 6) is 0.914. The SMILES string of the molecule is CC(C)CCOc1ccc(C(=O)NNC(=O)C(C)c2ccc(CC(C)C)cc2)cc1. The quantitative estimate of drug-likeness (QED) is 0.579. The van der Waals surface area contributed by atoms with Crippen molar-refractivity contribution >= 4 is 11.8 Å². The molecule has 0 bridgehead atoms. The molecule has 0 heterocycles. The summed E-state index contributed by atoms with van der Waals surface area (Å²) in [6.07, 6.45) is 1.99. The van der Waals surface area contributed by atoms with Gasteiger partial charge in [0, 0.05) is 5.56 Å². The van der Waals surface area contributed by atoms with E-state index < -0.39 is 0 Å². The minimum atomic E-state index is -0.366. The molecule has 0 aliphatic carbocycles. The smallest absolute Gasteiger partial charge is 0.269 e. The number of hydrogen-bond acceptors (Lipinski definition) is 3. The zero-order valence-corrected chi connectivity index (χ0v) is 18.7. The number of hydrogen-bond donors (Lipinski definition) is 2. The van der Waals surface area contributed by atoms with Crippen LogP contribution in [0.3, 0.4) is 0 Å². The predicted octanol–water partition coefficient (Wildman–Crippen LogP) is 4.87. The van der Waals surface area contributed by atoms with Crippen LogP contribution in [0.1, 0.15) is 68.4 Å². The van der Waals surface area contributed by atoms with Crippen molar-refractivity contribution < 1.29 is 14.3 Å². The lowest BCUT2D eigenvalue weighted by Crippen LogP contribution is -2.43. The Labute approximate surface area is 180 Å². The summed E-state index contributed by atoms with van der Waals surface area (Å²) in [7, 11) is 0. The summed E-state index contributed by atoms with van der Waals surface area (Å²) < 4.78 is 5.66. The Morgan fingerprint density at radius 3 is 2.03 bits per heavy atom. The van der Waals surface area contributed by atoms with Gasteiger partial charge < -0.3 is 4.74 Å². The Balaban J connectivity index is 1.83. The lowest BCUT2D eigenvalue weighted by molar-refractivity contribution is -0.123. The van der Waals surface area contributed by atoms with E-state index in [9.17, 15) is 9.59 Å². The van der Waals surface area contributed by atoms with Crippen molar-refractivity contribution in [2.24, 2.45) is 11.8 Å². The fourth-order valence-electron chi connectivity index (χ4n) is 2.98. The Bertz CT molecular complexity index is 811. The number of nitrogens with one attached hydrogen (secondary N) is 2. The van der Waals surface area contributed by atoms with Gasteiger partial charge in [-0.15, -0.1) is 0 Å². The molecule has 0 spiro atoms. The normalized spacial score (nSPS) is 12.0. The summed E-state index contributed by atoms with van der Waals surface area (Å²) in [5.41, 5.74) is 7.63. The van der Waals surface area contributed by atoms with Crippen LogP contribution >= 0.6 is 0 Å². The molecule has 0 aliphatic rings. The van der Waals surface area contributed by atoms with Crippen LogP contribution in [-0.2, 0) is 11.2 Å². The average Bonchev–Trinajstić information content (AvgIpc) is 2.71. The monoisotopic (exact) mass is 410 g/mol. The number of carbonyl (C=O) groups is 2. The average molecular weight is 411 g/mol. The van der Waals surface area contributed by atoms with Gasteiger partial charge in [-0.2, -0.15) is 0 Å². The van der Waals surface area contributed by atoms with Crippen LogP contribution in [-0.4, -0.2) is 18.4 Å². The molecule has 0 saturated carbocycles. The molecule has 0 saturated heterocycles. The third-order valence-corrected chi connectivity index (χ3v) is 4.90. The van der Waals surface area contributed by atoms with Gasteiger partial charge in [0.15, 0.2) is 0 Å². The van der Waals surface area contributed by atoms with Crippen molar-refractivity contribution in [3.8, 4) is 5.75 Å². The molecule has 2 amide bonds. The number of amides is 2. The predicted molar refractivity (Wildman–Crippen MR) is 120 cm³/mol. The van der Waals surface area contributed by atoms with Crippen molar-refractivity contribution in [3.05, 3.63) is 65.2 Å². The van der Waals surface area contributed by atoms with Crippen LogP contribution in [0.15, 0.2) is 48.5 Å². The highest BCUT2D eigenvalue weighted by molar-refractivity contribution is 5.96. The Kier molecular flexibility index (Phi) is 8.90. The van der Waals surface area contributed by atoms with E-state index in [-0.39, 0.29) is 17.7 Å². The van der Waals surface area contributed by atoms with Crippen LogP contribution in [0, 0.1) is 11.8 Å². The number of benzene rings is 2. The van der Waals surface area contributed by atoms with Gasteiger partial charge >= 0.3 is 0 Å². The zero-order valence-electron chi connectivity index (χ0n) is 18.7. The van der Waals surface area contributed by atoms with Crippen LogP contribution in [0.2, 0.25) is 0 Å². The summed E-state index contributed by atoms with van der Waals surface area (Å²) in [4.78, 5) is 24.7. The number of ether oxygens (including phenoxy) is 1. The van der Waals surface area contributed by atoms with E-state index in [1.807, 2.05) is 19.1 Å². The van der Waals surface area contributed by atoms with Gasteiger partial charge in [-0.1, -0.05) is 52.0 Å². The second kappa shape index (κ2) is 11.4. The van der Waals surface area contributed by atoms with E-state index in [4.69, 9.17) is 4.74 Å². The second-order valence-corrected chi connectivity index (χ2v) is 8.56. The Hall–Kier alpha value is -2.82. The van der Waals surface area contributed by atoms with Gasteiger partial charge in [-0.05, 0) is 67.0 Å². The lowest BCUT2D eigenvalue weighted by Gasteiger charge is -2.14. The summed E-state index contributed by atoms with van der Waals surface area (Å²) in [5, 5.41) is 0. The standard InChI is InChI=1S/C25H34N2O3/c1-17(2)14-15-30-23-12-10-22(11-13-23)25(29)27-26-24(28)19(5)21-8-6-20(7-9-21)16-18(3)4/h6-13,17-19H,14-16H2,1-5H3,(H,26,28)(H,27,29). The summed E-state index contributed by atoms with van der Waals surface area (Å²) in [6, 6.07) is 15.0. The Morgan fingerprint density at radius 2 is 1.47 bits per heavy atom. The molecule has 5 nitrogen and oxygen atoms in total. The summed E-state index contributed by atoms with van der Waals surface area (Å²) in [6.45, 7) is 11.1. The molecule has 0 aromatic heterocycles. The fourth-order valence-corrected chi connectivity index (χ4v) is 2.98. The molecule has 2 aromatic rings. The minimum Gasteiger partial charge on any atom is -0.494 e. The van der Waals surface area contributed by atoms with Crippen LogP contribution in [0.5, 0.6) is 5.75 Å². The van der Waals surface area contributed by atoms with E-state index in [0.29, 0.717) is 24.0 Å². The molecule has 2 rings (SSSR count). The highest BCUT2D eigenvalue weighted by Gasteiger charge is 2.16. The first-order valence-electron chi connectivity index (χ1n) is 10.7. The third kappa shape index (κ3) is 7.54. The van der Waals surface area contributed by atoms with E-state index in [1.54, 1.807) is 24.3 Å². The Morgan fingerprint density at radius 1 is 0.833 bits per heavy atom. The van der Waals surface area contributed by atoms with Crippen molar-refractivity contribution in [3.63, 3.8) is 0 Å². The fraction of sp³-hybridized carbons (Fsp3) is 0.440. The van der Waals surface area contributed by atoms with Crippen molar-refractivity contribution in [1.82, 2.24) is 10.9 Å². The van der Waals surface area contributed by atoms with Gasteiger partial charge in [0.2, 0.25) is 5.91 Å². The third-order valence-electron chi connectivity index (χ3n) is 4.90. The van der Waals surface area contributed by atoms with Crippen molar-refractivity contribution in [1.29, 1.82) is 0 Å². The van der Waals surface area contributed by atoms with Gasteiger partial charge in [0.25, 0.3) is 5.91 Å². The maximum absolute atomic E-state index is 12.4. The highest BCUT2D eigenvalue weighted by Crippen LogP contribution is 2.18. The van der Waals surface area contributed by atoms with Gasteiger partial charge in [-0.3, -0.25) is 20.4 Å². The maximum atomic E-state index is 12.4. The van der Waals surface area contributed by atoms with Gasteiger partial charge in [-0.25, -0.2) is 0 Å². The van der Waals surface area contributed by atoms with Crippen molar-refractivity contribution in [2.75, 3.05) is 6.61 Å². The molecule has 5 heteroatoms. The van der Waals surface area contributed by atoms with E-state index in [2.05, 4.69) is 50.7 Å². The number of hydrazine groups is 1. The largest absolute Gasteiger partial charge is 0.494 e. The van der Waals surface area contributed by atoms with E-state index >= 15 is 0 Å². The highest BCUT2D eigenvalue weighted by atomic mass is 16.5. The topological polar surface area (TPSA) is 67.4 Å². The van der Waals surface area contributed by atoms with Crippen LogP contribution < -0.4 is 15.6 Å². The van der Waals surface area contributed by atoms with E-state index in [0.717, 1.165) is 24.2 Å². The molecule has 0 fully saturated rings. The van der Waals surface area contributed by atoms with Gasteiger partial charge in [0.05, 0.1) is 12.5 Å². The molecular weight excluding hydrogens is 376 g/mol. The minimum absolute atomic E-state index is 0.256. The molecule has 2 aromatic carbocycles. The molecule has 1 atom stereocenters.